The number of aryl methyl sites for hydroxylation is 2. The van der Waals surface area contributed by atoms with Gasteiger partial charge in [-0.05, 0) is 48.6 Å². The molecule has 5 nitrogen and oxygen atoms in total. The molecule has 24 heavy (non-hydrogen) atoms. The molecule has 1 aromatic heterocycles. The number of hydrogen-bond donors (Lipinski definition) is 2. The van der Waals surface area contributed by atoms with Crippen molar-refractivity contribution in [2.75, 3.05) is 0 Å². The predicted octanol–water partition coefficient (Wildman–Crippen LogP) is 2.62. The lowest BCUT2D eigenvalue weighted by Gasteiger charge is -2.09. The van der Waals surface area contributed by atoms with Crippen LogP contribution in [0.25, 0.3) is 10.9 Å². The van der Waals surface area contributed by atoms with Crippen LogP contribution in [0.15, 0.2) is 58.2 Å². The molecule has 0 amide bonds. The van der Waals surface area contributed by atoms with Gasteiger partial charge in [0.1, 0.15) is 0 Å². The summed E-state index contributed by atoms with van der Waals surface area (Å²) in [5.74, 6) is 0. The predicted molar refractivity (Wildman–Crippen MR) is 94.5 cm³/mol. The van der Waals surface area contributed by atoms with Gasteiger partial charge >= 0.3 is 0 Å². The summed E-state index contributed by atoms with van der Waals surface area (Å²) in [6, 6.07) is 13.7. The smallest absolute Gasteiger partial charge is 0.252 e. The second kappa shape index (κ2) is 6.22. The highest BCUT2D eigenvalue weighted by molar-refractivity contribution is 7.89. The summed E-state index contributed by atoms with van der Waals surface area (Å²) in [7, 11) is -3.65. The van der Waals surface area contributed by atoms with Crippen molar-refractivity contribution in [1.29, 1.82) is 0 Å². The number of aromatic nitrogens is 1. The molecule has 0 fully saturated rings. The summed E-state index contributed by atoms with van der Waals surface area (Å²) in [4.78, 5) is 15.3. The van der Waals surface area contributed by atoms with E-state index >= 15 is 0 Å². The molecule has 6 heteroatoms. The molecule has 3 rings (SSSR count). The maximum Gasteiger partial charge on any atom is 0.252 e. The third kappa shape index (κ3) is 3.11. The minimum absolute atomic E-state index is 0.0601. The summed E-state index contributed by atoms with van der Waals surface area (Å²) in [6.45, 7) is 3.87. The van der Waals surface area contributed by atoms with Gasteiger partial charge in [0, 0.05) is 12.1 Å². The molecule has 1 heterocycles. The van der Waals surface area contributed by atoms with Crippen LogP contribution in [-0.2, 0) is 16.6 Å². The molecule has 0 atom stereocenters. The van der Waals surface area contributed by atoms with Gasteiger partial charge in [-0.2, -0.15) is 0 Å². The van der Waals surface area contributed by atoms with Crippen LogP contribution < -0.4 is 10.3 Å². The largest absolute Gasteiger partial charge is 0.321 e. The summed E-state index contributed by atoms with van der Waals surface area (Å²) >= 11 is 0. The summed E-state index contributed by atoms with van der Waals surface area (Å²) in [6.07, 6.45) is 0. The Morgan fingerprint density at radius 1 is 1.04 bits per heavy atom. The van der Waals surface area contributed by atoms with Crippen LogP contribution in [0.4, 0.5) is 0 Å². The highest BCUT2D eigenvalue weighted by Gasteiger charge is 2.14. The normalized spacial score (nSPS) is 11.8. The quantitative estimate of drug-likeness (QED) is 0.765. The topological polar surface area (TPSA) is 79.0 Å². The Balaban J connectivity index is 1.93. The van der Waals surface area contributed by atoms with Gasteiger partial charge in [-0.3, -0.25) is 4.79 Å². The zero-order valence-corrected chi connectivity index (χ0v) is 14.3. The zero-order chi connectivity index (χ0) is 17.3. The van der Waals surface area contributed by atoms with Gasteiger partial charge < -0.3 is 4.98 Å². The molecule has 0 aliphatic rings. The molecule has 2 N–H and O–H groups in total. The highest BCUT2D eigenvalue weighted by Crippen LogP contribution is 2.19. The van der Waals surface area contributed by atoms with Crippen molar-refractivity contribution in [1.82, 2.24) is 9.71 Å². The average molecular weight is 342 g/mol. The van der Waals surface area contributed by atoms with E-state index < -0.39 is 10.0 Å². The van der Waals surface area contributed by atoms with Crippen molar-refractivity contribution in [3.8, 4) is 0 Å². The number of benzene rings is 2. The Morgan fingerprint density at radius 3 is 2.46 bits per heavy atom. The molecule has 3 aromatic rings. The van der Waals surface area contributed by atoms with Crippen molar-refractivity contribution in [2.24, 2.45) is 0 Å². The van der Waals surface area contributed by atoms with Crippen LogP contribution in [0.5, 0.6) is 0 Å². The first-order chi connectivity index (χ1) is 11.4. The molecule has 0 saturated carbocycles. The molecule has 0 unspecified atom stereocenters. The van der Waals surface area contributed by atoms with Crippen LogP contribution in [0.2, 0.25) is 0 Å². The Hall–Kier alpha value is -2.44. The molecule has 2 aromatic carbocycles. The van der Waals surface area contributed by atoms with Crippen molar-refractivity contribution in [3.05, 3.63) is 75.6 Å². The molecule has 0 spiro atoms. The second-order valence-electron chi connectivity index (χ2n) is 5.73. The molecule has 124 valence electrons. The number of aromatic amines is 1. The minimum Gasteiger partial charge on any atom is -0.321 e. The average Bonchev–Trinajstić information content (AvgIpc) is 2.58. The lowest BCUT2D eigenvalue weighted by molar-refractivity contribution is 0.581. The first kappa shape index (κ1) is 16.4. The Kier molecular flexibility index (Phi) is 4.26. The molecule has 0 bridgehead atoms. The van der Waals surface area contributed by atoms with E-state index in [4.69, 9.17) is 0 Å². The standard InChI is InChI=1S/C18H18N2O3S/c1-12-8-9-14-10-15(18(21)20-17(14)13(12)2)11-19-24(22,23)16-6-4-3-5-7-16/h3-10,19H,11H2,1-2H3,(H,20,21). The molecular formula is C18H18N2O3S. The van der Waals surface area contributed by atoms with Gasteiger partial charge in [-0.25, -0.2) is 13.1 Å². The molecule has 0 aliphatic carbocycles. The number of sulfonamides is 1. The van der Waals surface area contributed by atoms with Gasteiger partial charge in [0.2, 0.25) is 10.0 Å². The van der Waals surface area contributed by atoms with E-state index in [0.29, 0.717) is 5.56 Å². The third-order valence-electron chi connectivity index (χ3n) is 4.13. The van der Waals surface area contributed by atoms with Crippen molar-refractivity contribution >= 4 is 20.9 Å². The van der Waals surface area contributed by atoms with E-state index in [9.17, 15) is 13.2 Å². The fraction of sp³-hybridized carbons (Fsp3) is 0.167. The Labute approximate surface area is 140 Å². The first-order valence-corrected chi connectivity index (χ1v) is 9.03. The van der Waals surface area contributed by atoms with E-state index in [0.717, 1.165) is 22.0 Å². The molecular weight excluding hydrogens is 324 g/mol. The van der Waals surface area contributed by atoms with E-state index in [-0.39, 0.29) is 17.0 Å². The van der Waals surface area contributed by atoms with E-state index in [1.807, 2.05) is 26.0 Å². The molecule has 0 saturated heterocycles. The van der Waals surface area contributed by atoms with Gasteiger partial charge in [-0.15, -0.1) is 0 Å². The minimum atomic E-state index is -3.65. The monoisotopic (exact) mass is 342 g/mol. The maximum absolute atomic E-state index is 12.3. The van der Waals surface area contributed by atoms with Crippen LogP contribution >= 0.6 is 0 Å². The third-order valence-corrected chi connectivity index (χ3v) is 5.55. The number of rotatable bonds is 4. The number of hydrogen-bond acceptors (Lipinski definition) is 3. The molecule has 0 aliphatic heterocycles. The van der Waals surface area contributed by atoms with Gasteiger partial charge in [0.15, 0.2) is 0 Å². The Morgan fingerprint density at radius 2 is 1.75 bits per heavy atom. The molecule has 0 radical (unpaired) electrons. The second-order valence-corrected chi connectivity index (χ2v) is 7.50. The van der Waals surface area contributed by atoms with Crippen LogP contribution in [0.3, 0.4) is 0 Å². The van der Waals surface area contributed by atoms with E-state index in [1.165, 1.54) is 12.1 Å². The number of fused-ring (bicyclic) bond motifs is 1. The van der Waals surface area contributed by atoms with E-state index in [1.54, 1.807) is 24.3 Å². The first-order valence-electron chi connectivity index (χ1n) is 7.55. The number of H-pyrrole nitrogens is 1. The highest BCUT2D eigenvalue weighted by atomic mass is 32.2. The van der Waals surface area contributed by atoms with Crippen molar-refractivity contribution < 1.29 is 8.42 Å². The van der Waals surface area contributed by atoms with Crippen molar-refractivity contribution in [3.63, 3.8) is 0 Å². The van der Waals surface area contributed by atoms with Crippen LogP contribution in [0, 0.1) is 13.8 Å². The fourth-order valence-corrected chi connectivity index (χ4v) is 3.58. The lowest BCUT2D eigenvalue weighted by atomic mass is 10.0. The van der Waals surface area contributed by atoms with Gasteiger partial charge in [-0.1, -0.05) is 30.3 Å². The summed E-state index contributed by atoms with van der Waals surface area (Å²) < 4.78 is 27.0. The maximum atomic E-state index is 12.3. The Bertz CT molecular complexity index is 1050. The fourth-order valence-electron chi connectivity index (χ4n) is 2.56. The lowest BCUT2D eigenvalue weighted by Crippen LogP contribution is -2.27. The van der Waals surface area contributed by atoms with Gasteiger partial charge in [0.05, 0.1) is 10.4 Å². The summed E-state index contributed by atoms with van der Waals surface area (Å²) in [5, 5.41) is 0.881. The SMILES string of the molecule is Cc1ccc2cc(CNS(=O)(=O)c3ccccc3)c(=O)[nH]c2c1C. The number of nitrogens with one attached hydrogen (secondary N) is 2. The number of pyridine rings is 1. The summed E-state index contributed by atoms with van der Waals surface area (Å²) in [5.41, 5.74) is 2.99. The van der Waals surface area contributed by atoms with E-state index in [2.05, 4.69) is 9.71 Å². The van der Waals surface area contributed by atoms with Crippen LogP contribution in [0.1, 0.15) is 16.7 Å². The van der Waals surface area contributed by atoms with Crippen LogP contribution in [-0.4, -0.2) is 13.4 Å². The zero-order valence-electron chi connectivity index (χ0n) is 13.5. The van der Waals surface area contributed by atoms with Crippen molar-refractivity contribution in [2.45, 2.75) is 25.3 Å². The van der Waals surface area contributed by atoms with Gasteiger partial charge in [0.25, 0.3) is 5.56 Å².